The smallest absolute Gasteiger partial charge is 0.340 e. The van der Waals surface area contributed by atoms with E-state index in [0.717, 1.165) is 16.8 Å². The second kappa shape index (κ2) is 8.12. The van der Waals surface area contributed by atoms with Crippen LogP contribution in [-0.4, -0.2) is 42.8 Å². The highest BCUT2D eigenvalue weighted by Crippen LogP contribution is 2.49. The van der Waals surface area contributed by atoms with Gasteiger partial charge < -0.3 is 28.8 Å². The maximum absolute atomic E-state index is 12.4. The summed E-state index contributed by atoms with van der Waals surface area (Å²) in [6.45, 7) is 0.195. The lowest BCUT2D eigenvalue weighted by Crippen LogP contribution is -2.34. The van der Waals surface area contributed by atoms with E-state index >= 15 is 0 Å². The first-order valence-corrected chi connectivity index (χ1v) is 11.1. The van der Waals surface area contributed by atoms with Crippen molar-refractivity contribution < 1.29 is 33.6 Å². The van der Waals surface area contributed by atoms with E-state index in [1.54, 1.807) is 12.1 Å². The van der Waals surface area contributed by atoms with Gasteiger partial charge in [0.15, 0.2) is 23.0 Å². The number of para-hydroxylation sites is 1. The quantitative estimate of drug-likeness (QED) is 0.582. The van der Waals surface area contributed by atoms with Gasteiger partial charge in [-0.1, -0.05) is 18.2 Å². The number of carboxylic acids is 1. The molecule has 178 valence electrons. The van der Waals surface area contributed by atoms with E-state index in [4.69, 9.17) is 28.8 Å². The van der Waals surface area contributed by atoms with Gasteiger partial charge in [0.2, 0.25) is 13.0 Å². The fourth-order valence-electron chi connectivity index (χ4n) is 4.86. The van der Waals surface area contributed by atoms with E-state index in [-0.39, 0.29) is 24.1 Å². The summed E-state index contributed by atoms with van der Waals surface area (Å²) < 4.78 is 28.1. The Hall–Kier alpha value is -4.40. The number of fused-ring (bicyclic) bond motifs is 4. The first kappa shape index (κ1) is 21.2. The third-order valence-electron chi connectivity index (χ3n) is 6.46. The molecular formula is C26H22N2O7. The van der Waals surface area contributed by atoms with Crippen molar-refractivity contribution in [1.82, 2.24) is 5.01 Å². The molecule has 0 saturated heterocycles. The zero-order valence-corrected chi connectivity index (χ0v) is 19.1. The maximum atomic E-state index is 12.4. The summed E-state index contributed by atoms with van der Waals surface area (Å²) in [5.41, 5.74) is 3.13. The number of rotatable bonds is 5. The molecule has 9 nitrogen and oxygen atoms in total. The number of carbonyl (C=O) groups is 1. The summed E-state index contributed by atoms with van der Waals surface area (Å²) in [6, 6.07) is 16.7. The van der Waals surface area contributed by atoms with E-state index in [9.17, 15) is 9.90 Å². The minimum atomic E-state index is -1.14. The molecule has 3 aliphatic rings. The van der Waals surface area contributed by atoms with Gasteiger partial charge >= 0.3 is 5.97 Å². The van der Waals surface area contributed by atoms with Crippen LogP contribution in [0.2, 0.25) is 0 Å². The summed E-state index contributed by atoms with van der Waals surface area (Å²) >= 11 is 0. The molecule has 0 spiro atoms. The van der Waals surface area contributed by atoms with Gasteiger partial charge in [-0.25, -0.2) is 9.80 Å². The summed E-state index contributed by atoms with van der Waals surface area (Å²) in [4.78, 5) is 12.4. The zero-order chi connectivity index (χ0) is 24.1. The highest BCUT2D eigenvalue weighted by molar-refractivity contribution is 6.02. The number of hydrogen-bond donors (Lipinski definition) is 1. The van der Waals surface area contributed by atoms with Crippen molar-refractivity contribution >= 4 is 11.7 Å². The minimum absolute atomic E-state index is 0.0262. The van der Waals surface area contributed by atoms with Gasteiger partial charge in [-0.2, -0.15) is 5.10 Å². The van der Waals surface area contributed by atoms with Crippen molar-refractivity contribution in [2.24, 2.45) is 5.10 Å². The van der Waals surface area contributed by atoms with Crippen molar-refractivity contribution in [3.8, 4) is 28.7 Å². The van der Waals surface area contributed by atoms with Crippen LogP contribution in [0.25, 0.3) is 0 Å². The lowest BCUT2D eigenvalue weighted by molar-refractivity contribution is -0.0199. The average Bonchev–Trinajstić information content (AvgIpc) is 3.54. The number of hydrogen-bond acceptors (Lipinski definition) is 8. The highest BCUT2D eigenvalue weighted by atomic mass is 16.7. The highest BCUT2D eigenvalue weighted by Gasteiger charge is 2.43. The van der Waals surface area contributed by atoms with Crippen molar-refractivity contribution in [3.63, 3.8) is 0 Å². The van der Waals surface area contributed by atoms with Crippen LogP contribution in [0.15, 0.2) is 59.7 Å². The van der Waals surface area contributed by atoms with Gasteiger partial charge in [0, 0.05) is 23.1 Å². The van der Waals surface area contributed by atoms with Crippen LogP contribution >= 0.6 is 0 Å². The summed E-state index contributed by atoms with van der Waals surface area (Å²) in [5, 5.41) is 16.9. The van der Waals surface area contributed by atoms with Crippen molar-refractivity contribution in [1.29, 1.82) is 0 Å². The first-order chi connectivity index (χ1) is 17.1. The van der Waals surface area contributed by atoms with Crippen LogP contribution in [0.1, 0.15) is 45.7 Å². The van der Waals surface area contributed by atoms with E-state index in [2.05, 4.69) is 0 Å². The number of benzene rings is 3. The lowest BCUT2D eigenvalue weighted by atomic mass is 9.95. The Labute approximate surface area is 201 Å². The first-order valence-electron chi connectivity index (χ1n) is 11.1. The molecule has 6 rings (SSSR count). The van der Waals surface area contributed by atoms with E-state index in [0.29, 0.717) is 35.0 Å². The molecule has 3 aliphatic heterocycles. The molecule has 35 heavy (non-hydrogen) atoms. The molecule has 3 heterocycles. The van der Waals surface area contributed by atoms with Crippen molar-refractivity contribution in [2.75, 3.05) is 21.0 Å². The molecule has 0 saturated carbocycles. The van der Waals surface area contributed by atoms with Crippen LogP contribution in [0.3, 0.4) is 0 Å². The van der Waals surface area contributed by atoms with Crippen LogP contribution in [0.4, 0.5) is 0 Å². The second-order valence-corrected chi connectivity index (χ2v) is 8.29. The number of nitrogens with zero attached hydrogens (tertiary/aromatic N) is 2. The monoisotopic (exact) mass is 474 g/mol. The standard InChI is InChI=1S/C26H22N2O7/c1-31-21-10-8-16(23(26(29)30)24(21)32-2)25-28-18(15-5-3-4-6-19(15)35-25)12-17(27-28)14-7-9-20-22(11-14)34-13-33-20/h3-11,18,25H,12-13H2,1-2H3,(H,29,30)/t18-,25-/m1/s1. The molecule has 0 fully saturated rings. The van der Waals surface area contributed by atoms with Crippen molar-refractivity contribution in [3.05, 3.63) is 76.9 Å². The topological polar surface area (TPSA) is 99.1 Å². The molecule has 3 aromatic carbocycles. The van der Waals surface area contributed by atoms with Gasteiger partial charge in [0.25, 0.3) is 0 Å². The Morgan fingerprint density at radius 2 is 1.83 bits per heavy atom. The second-order valence-electron chi connectivity index (χ2n) is 8.29. The maximum Gasteiger partial charge on any atom is 0.340 e. The van der Waals surface area contributed by atoms with Crippen LogP contribution in [-0.2, 0) is 0 Å². The fourth-order valence-corrected chi connectivity index (χ4v) is 4.86. The molecule has 2 atom stereocenters. The predicted molar refractivity (Wildman–Crippen MR) is 125 cm³/mol. The molecule has 9 heteroatoms. The van der Waals surface area contributed by atoms with Gasteiger partial charge in [-0.05, 0) is 36.4 Å². The number of carboxylic acid groups (broad SMARTS) is 1. The van der Waals surface area contributed by atoms with Gasteiger partial charge in [-0.3, -0.25) is 0 Å². The van der Waals surface area contributed by atoms with Gasteiger partial charge in [0.05, 0.1) is 26.0 Å². The molecular weight excluding hydrogens is 452 g/mol. The Morgan fingerprint density at radius 1 is 1.00 bits per heavy atom. The Kier molecular flexibility index (Phi) is 4.91. The number of hydrazone groups is 1. The number of aromatic carboxylic acids is 1. The predicted octanol–water partition coefficient (Wildman–Crippen LogP) is 4.37. The number of ether oxygens (including phenoxy) is 5. The van der Waals surface area contributed by atoms with Crippen LogP contribution in [0, 0.1) is 0 Å². The largest absolute Gasteiger partial charge is 0.493 e. The molecule has 3 aromatic rings. The third-order valence-corrected chi connectivity index (χ3v) is 6.46. The van der Waals surface area contributed by atoms with E-state index in [1.807, 2.05) is 47.5 Å². The van der Waals surface area contributed by atoms with Crippen molar-refractivity contribution in [2.45, 2.75) is 18.7 Å². The Bertz CT molecular complexity index is 1370. The van der Waals surface area contributed by atoms with Crippen LogP contribution in [0.5, 0.6) is 28.7 Å². The molecule has 0 unspecified atom stereocenters. The van der Waals surface area contributed by atoms with E-state index < -0.39 is 12.2 Å². The molecule has 1 N–H and O–H groups in total. The lowest BCUT2D eigenvalue weighted by Gasteiger charge is -2.38. The molecule has 0 aromatic heterocycles. The fraction of sp³-hybridized carbons (Fsp3) is 0.231. The molecule has 0 bridgehead atoms. The van der Waals surface area contributed by atoms with Crippen LogP contribution < -0.4 is 23.7 Å². The molecule has 0 radical (unpaired) electrons. The summed E-state index contributed by atoms with van der Waals surface area (Å²) in [7, 11) is 2.88. The minimum Gasteiger partial charge on any atom is -0.493 e. The summed E-state index contributed by atoms with van der Waals surface area (Å²) in [5.74, 6) is 1.38. The molecule has 0 aliphatic carbocycles. The number of methoxy groups -OCH3 is 2. The Balaban J connectivity index is 1.48. The summed E-state index contributed by atoms with van der Waals surface area (Å²) in [6.07, 6.45) is -0.168. The van der Waals surface area contributed by atoms with Gasteiger partial charge in [-0.15, -0.1) is 0 Å². The molecule has 0 amide bonds. The van der Waals surface area contributed by atoms with E-state index in [1.165, 1.54) is 14.2 Å². The SMILES string of the molecule is COc1ccc([C@H]2Oc3ccccc3[C@H]3CC(c4ccc5c(c4)OCO5)=NN32)c(C(=O)O)c1OC. The van der Waals surface area contributed by atoms with Gasteiger partial charge in [0.1, 0.15) is 11.3 Å². The third kappa shape index (κ3) is 3.30. The zero-order valence-electron chi connectivity index (χ0n) is 19.1. The average molecular weight is 474 g/mol. The normalized spacial score (nSPS) is 19.4. The Morgan fingerprint density at radius 3 is 2.63 bits per heavy atom.